The van der Waals surface area contributed by atoms with Gasteiger partial charge in [0.25, 0.3) is 5.91 Å². The van der Waals surface area contributed by atoms with Gasteiger partial charge >= 0.3 is 0 Å². The standard InChI is InChI=1S/C22H26ClFN4O2/c1-30-17-5-2-14(3-6-17)20-13-21(27-26-20)28-10-8-16(9-11-28)25-22(29)15-4-7-19(24)18(23)12-15/h2-7,12,16,20-21,26-27H,8-11,13H2,1H3,(H,25,29). The molecule has 0 saturated carbocycles. The first-order valence-corrected chi connectivity index (χ1v) is 10.6. The molecule has 0 radical (unpaired) electrons. The summed E-state index contributed by atoms with van der Waals surface area (Å²) in [7, 11) is 1.67. The molecule has 160 valence electrons. The summed E-state index contributed by atoms with van der Waals surface area (Å²) < 4.78 is 18.5. The molecule has 2 saturated heterocycles. The lowest BCUT2D eigenvalue weighted by Crippen LogP contribution is -2.51. The number of hydrazine groups is 1. The van der Waals surface area contributed by atoms with Gasteiger partial charge in [0.05, 0.1) is 18.3 Å². The Bertz CT molecular complexity index is 887. The average molecular weight is 433 g/mol. The first kappa shape index (κ1) is 21.1. The Morgan fingerprint density at radius 2 is 1.90 bits per heavy atom. The lowest BCUT2D eigenvalue weighted by atomic mass is 10.0. The van der Waals surface area contributed by atoms with Gasteiger partial charge in [-0.25, -0.2) is 15.2 Å². The molecule has 8 heteroatoms. The van der Waals surface area contributed by atoms with Gasteiger partial charge in [-0.05, 0) is 55.2 Å². The van der Waals surface area contributed by atoms with E-state index in [0.29, 0.717) is 5.56 Å². The zero-order chi connectivity index (χ0) is 21.1. The van der Waals surface area contributed by atoms with Crippen LogP contribution in [0.2, 0.25) is 5.02 Å². The number of nitrogens with zero attached hydrogens (tertiary/aromatic N) is 1. The van der Waals surface area contributed by atoms with Crippen molar-refractivity contribution in [1.29, 1.82) is 0 Å². The fraction of sp³-hybridized carbons (Fsp3) is 0.409. The fourth-order valence-corrected chi connectivity index (χ4v) is 4.28. The van der Waals surface area contributed by atoms with Crippen molar-refractivity contribution in [3.63, 3.8) is 0 Å². The van der Waals surface area contributed by atoms with E-state index < -0.39 is 5.82 Å². The van der Waals surface area contributed by atoms with Crippen molar-refractivity contribution in [3.8, 4) is 5.75 Å². The van der Waals surface area contributed by atoms with E-state index in [1.54, 1.807) is 7.11 Å². The Morgan fingerprint density at radius 1 is 1.17 bits per heavy atom. The van der Waals surface area contributed by atoms with Crippen molar-refractivity contribution in [2.75, 3.05) is 20.2 Å². The number of piperidine rings is 1. The number of ether oxygens (including phenoxy) is 1. The number of halogens is 2. The van der Waals surface area contributed by atoms with Gasteiger partial charge in [-0.1, -0.05) is 23.7 Å². The predicted octanol–water partition coefficient (Wildman–Crippen LogP) is 3.25. The Morgan fingerprint density at radius 3 is 2.57 bits per heavy atom. The molecule has 3 N–H and O–H groups in total. The molecule has 0 bridgehead atoms. The van der Waals surface area contributed by atoms with Crippen molar-refractivity contribution in [2.24, 2.45) is 0 Å². The molecule has 2 unspecified atom stereocenters. The molecule has 2 fully saturated rings. The smallest absolute Gasteiger partial charge is 0.251 e. The highest BCUT2D eigenvalue weighted by Gasteiger charge is 2.32. The van der Waals surface area contributed by atoms with Gasteiger partial charge in [0.2, 0.25) is 0 Å². The normalized spacial score (nSPS) is 22.8. The molecular weight excluding hydrogens is 407 g/mol. The van der Waals surface area contributed by atoms with Crippen molar-refractivity contribution in [2.45, 2.75) is 37.5 Å². The topological polar surface area (TPSA) is 65.6 Å². The van der Waals surface area contributed by atoms with Crippen LogP contribution in [-0.2, 0) is 0 Å². The number of methoxy groups -OCH3 is 1. The second kappa shape index (κ2) is 9.31. The molecule has 30 heavy (non-hydrogen) atoms. The van der Waals surface area contributed by atoms with Crippen molar-refractivity contribution in [3.05, 3.63) is 64.4 Å². The summed E-state index contributed by atoms with van der Waals surface area (Å²) in [6.45, 7) is 1.79. The minimum absolute atomic E-state index is 0.0382. The van der Waals surface area contributed by atoms with Gasteiger partial charge in [-0.15, -0.1) is 0 Å². The summed E-state index contributed by atoms with van der Waals surface area (Å²) in [5.74, 6) is 0.121. The summed E-state index contributed by atoms with van der Waals surface area (Å²) >= 11 is 5.78. The maximum absolute atomic E-state index is 13.3. The second-order valence-electron chi connectivity index (χ2n) is 7.78. The third-order valence-corrected chi connectivity index (χ3v) is 6.18. The highest BCUT2D eigenvalue weighted by Crippen LogP contribution is 2.27. The van der Waals surface area contributed by atoms with E-state index in [2.05, 4.69) is 33.2 Å². The molecule has 2 atom stereocenters. The maximum atomic E-state index is 13.3. The molecule has 2 heterocycles. The van der Waals surface area contributed by atoms with Gasteiger partial charge in [0, 0.05) is 30.7 Å². The van der Waals surface area contributed by atoms with E-state index in [1.807, 2.05) is 12.1 Å². The molecule has 0 aliphatic carbocycles. The van der Waals surface area contributed by atoms with E-state index in [9.17, 15) is 9.18 Å². The Kier molecular flexibility index (Phi) is 6.53. The van der Waals surface area contributed by atoms with Gasteiger partial charge in [0.15, 0.2) is 0 Å². The van der Waals surface area contributed by atoms with Gasteiger partial charge in [0.1, 0.15) is 11.6 Å². The minimum Gasteiger partial charge on any atom is -0.497 e. The summed E-state index contributed by atoms with van der Waals surface area (Å²) in [5.41, 5.74) is 8.40. The van der Waals surface area contributed by atoms with Crippen LogP contribution >= 0.6 is 11.6 Å². The van der Waals surface area contributed by atoms with Gasteiger partial charge in [-0.2, -0.15) is 0 Å². The molecule has 2 aliphatic heterocycles. The number of likely N-dealkylation sites (tertiary alicyclic amines) is 1. The number of hydrogen-bond donors (Lipinski definition) is 3. The number of carbonyl (C=O) groups is 1. The number of rotatable bonds is 5. The molecule has 2 aromatic rings. The number of nitrogens with one attached hydrogen (secondary N) is 3. The first-order chi connectivity index (χ1) is 14.5. The van der Waals surface area contributed by atoms with Crippen LogP contribution in [0.3, 0.4) is 0 Å². The van der Waals surface area contributed by atoms with Crippen LogP contribution in [0.15, 0.2) is 42.5 Å². The van der Waals surface area contributed by atoms with Crippen LogP contribution in [0.5, 0.6) is 5.75 Å². The molecule has 0 aromatic heterocycles. The number of benzene rings is 2. The van der Waals surface area contributed by atoms with Crippen molar-refractivity contribution in [1.82, 2.24) is 21.1 Å². The van der Waals surface area contributed by atoms with Crippen LogP contribution in [0, 0.1) is 5.82 Å². The van der Waals surface area contributed by atoms with E-state index in [4.69, 9.17) is 16.3 Å². The summed E-state index contributed by atoms with van der Waals surface area (Å²) in [6.07, 6.45) is 2.96. The lowest BCUT2D eigenvalue weighted by Gasteiger charge is -2.35. The largest absolute Gasteiger partial charge is 0.497 e. The highest BCUT2D eigenvalue weighted by atomic mass is 35.5. The SMILES string of the molecule is COc1ccc(C2CC(N3CCC(NC(=O)c4ccc(F)c(Cl)c4)CC3)NN2)cc1. The number of carbonyl (C=O) groups excluding carboxylic acids is 1. The molecule has 2 aromatic carbocycles. The Labute approximate surface area is 180 Å². The Hall–Kier alpha value is -2.19. The van der Waals surface area contributed by atoms with Gasteiger partial charge in [-0.3, -0.25) is 9.69 Å². The fourth-order valence-electron chi connectivity index (χ4n) is 4.10. The summed E-state index contributed by atoms with van der Waals surface area (Å²) in [5, 5.41) is 3.01. The van der Waals surface area contributed by atoms with E-state index in [1.165, 1.54) is 23.8 Å². The molecule has 6 nitrogen and oxygen atoms in total. The third-order valence-electron chi connectivity index (χ3n) is 5.89. The van der Waals surface area contributed by atoms with Crippen LogP contribution in [0.1, 0.15) is 41.2 Å². The maximum Gasteiger partial charge on any atom is 0.251 e. The number of hydrogen-bond acceptors (Lipinski definition) is 5. The zero-order valence-electron chi connectivity index (χ0n) is 16.8. The average Bonchev–Trinajstić information content (AvgIpc) is 3.26. The highest BCUT2D eigenvalue weighted by molar-refractivity contribution is 6.31. The molecule has 1 amide bonds. The molecular formula is C22H26ClFN4O2. The van der Waals surface area contributed by atoms with E-state index >= 15 is 0 Å². The van der Waals surface area contributed by atoms with Gasteiger partial charge < -0.3 is 10.1 Å². The quantitative estimate of drug-likeness (QED) is 0.677. The lowest BCUT2D eigenvalue weighted by molar-refractivity contribution is 0.0880. The summed E-state index contributed by atoms with van der Waals surface area (Å²) in [6, 6.07) is 12.5. The predicted molar refractivity (Wildman–Crippen MR) is 114 cm³/mol. The minimum atomic E-state index is -0.521. The monoisotopic (exact) mass is 432 g/mol. The van der Waals surface area contributed by atoms with Crippen molar-refractivity contribution < 1.29 is 13.9 Å². The van der Waals surface area contributed by atoms with E-state index in [-0.39, 0.29) is 29.2 Å². The Balaban J connectivity index is 1.26. The zero-order valence-corrected chi connectivity index (χ0v) is 17.6. The molecule has 0 spiro atoms. The van der Waals surface area contributed by atoms with Crippen LogP contribution < -0.4 is 20.9 Å². The van der Waals surface area contributed by atoms with Crippen molar-refractivity contribution >= 4 is 17.5 Å². The first-order valence-electron chi connectivity index (χ1n) is 10.2. The van der Waals surface area contributed by atoms with Crippen LogP contribution in [-0.4, -0.2) is 43.2 Å². The van der Waals surface area contributed by atoms with Crippen LogP contribution in [0.25, 0.3) is 0 Å². The third kappa shape index (κ3) is 4.75. The second-order valence-corrected chi connectivity index (χ2v) is 8.19. The van der Waals surface area contributed by atoms with E-state index in [0.717, 1.165) is 38.1 Å². The number of amides is 1. The van der Waals surface area contributed by atoms with Crippen LogP contribution in [0.4, 0.5) is 4.39 Å². The molecule has 4 rings (SSSR count). The molecule has 2 aliphatic rings. The summed E-state index contributed by atoms with van der Waals surface area (Å²) in [4.78, 5) is 14.8.